The van der Waals surface area contributed by atoms with Crippen LogP contribution in [-0.2, 0) is 10.0 Å². The largest absolute Gasteiger partial charge is 0.336 e. The molecule has 1 unspecified atom stereocenters. The number of sulfonamides is 1. The highest BCUT2D eigenvalue weighted by molar-refractivity contribution is 7.89. The number of nitrogens with zero attached hydrogens (tertiary/aromatic N) is 2. The molecule has 7 heteroatoms. The van der Waals surface area contributed by atoms with Crippen molar-refractivity contribution in [2.24, 2.45) is 11.3 Å². The number of carbonyl (C=O) groups is 1. The maximum Gasteiger partial charge on any atom is 0.317 e. The molecular formula is C16H27N3O3S. The summed E-state index contributed by atoms with van der Waals surface area (Å²) in [5, 5.41) is 2.82. The van der Waals surface area contributed by atoms with Crippen LogP contribution in [0.5, 0.6) is 0 Å². The minimum atomic E-state index is -3.22. The van der Waals surface area contributed by atoms with Crippen molar-refractivity contribution < 1.29 is 13.2 Å². The average Bonchev–Trinajstić information content (AvgIpc) is 3.22. The van der Waals surface area contributed by atoms with Crippen LogP contribution >= 0.6 is 0 Å². The van der Waals surface area contributed by atoms with Crippen LogP contribution < -0.4 is 5.32 Å². The number of rotatable bonds is 4. The molecular weight excluding hydrogens is 314 g/mol. The minimum Gasteiger partial charge on any atom is -0.336 e. The summed E-state index contributed by atoms with van der Waals surface area (Å²) in [6, 6.07) is 0.000647. The lowest BCUT2D eigenvalue weighted by Gasteiger charge is -2.38. The molecule has 23 heavy (non-hydrogen) atoms. The van der Waals surface area contributed by atoms with Gasteiger partial charge in [0.15, 0.2) is 0 Å². The molecule has 2 aliphatic heterocycles. The summed E-state index contributed by atoms with van der Waals surface area (Å²) in [6.07, 6.45) is 7.47. The molecule has 2 bridgehead atoms. The van der Waals surface area contributed by atoms with Gasteiger partial charge in [0, 0.05) is 32.2 Å². The number of amides is 2. The van der Waals surface area contributed by atoms with E-state index < -0.39 is 10.0 Å². The van der Waals surface area contributed by atoms with Crippen molar-refractivity contribution in [2.45, 2.75) is 51.0 Å². The molecule has 1 atom stereocenters. The zero-order chi connectivity index (χ0) is 16.1. The Bertz CT molecular complexity index is 583. The fourth-order valence-corrected chi connectivity index (χ4v) is 7.42. The second kappa shape index (κ2) is 5.62. The lowest BCUT2D eigenvalue weighted by molar-refractivity contribution is 0.162. The van der Waals surface area contributed by atoms with E-state index in [9.17, 15) is 13.2 Å². The minimum absolute atomic E-state index is 0.0396. The van der Waals surface area contributed by atoms with Crippen LogP contribution in [0.25, 0.3) is 0 Å². The molecule has 0 spiro atoms. The van der Waals surface area contributed by atoms with Crippen molar-refractivity contribution in [3.8, 4) is 0 Å². The van der Waals surface area contributed by atoms with E-state index in [1.54, 1.807) is 4.31 Å². The lowest BCUT2D eigenvalue weighted by Crippen LogP contribution is -2.52. The Morgan fingerprint density at radius 3 is 2.57 bits per heavy atom. The van der Waals surface area contributed by atoms with E-state index in [1.807, 2.05) is 4.90 Å². The standard InChI is InChI=1S/C16H27N3O3S/c20-15-17-7-9-19(15)14-2-1-8-18(11-14)23(21,22)12-16-5-3-13(10-16)4-6-16/h13-14H,1-12H2,(H,17,20). The predicted octanol–water partition coefficient (Wildman–Crippen LogP) is 1.39. The second-order valence-corrected chi connectivity index (χ2v) is 9.95. The van der Waals surface area contributed by atoms with Gasteiger partial charge in [-0.1, -0.05) is 0 Å². The Labute approximate surface area is 138 Å². The Balaban J connectivity index is 1.45. The number of hydrogen-bond acceptors (Lipinski definition) is 3. The van der Waals surface area contributed by atoms with Gasteiger partial charge in [0.1, 0.15) is 0 Å². The molecule has 4 aliphatic rings. The van der Waals surface area contributed by atoms with Gasteiger partial charge in [0.05, 0.1) is 5.75 Å². The zero-order valence-electron chi connectivity index (χ0n) is 13.7. The Hall–Kier alpha value is -0.820. The topological polar surface area (TPSA) is 69.7 Å². The van der Waals surface area contributed by atoms with Crippen molar-refractivity contribution in [3.05, 3.63) is 0 Å². The van der Waals surface area contributed by atoms with Crippen molar-refractivity contribution >= 4 is 16.1 Å². The summed E-state index contributed by atoms with van der Waals surface area (Å²) in [4.78, 5) is 13.7. The summed E-state index contributed by atoms with van der Waals surface area (Å²) in [5.74, 6) is 1.10. The van der Waals surface area contributed by atoms with Crippen molar-refractivity contribution in [1.82, 2.24) is 14.5 Å². The summed E-state index contributed by atoms with van der Waals surface area (Å²) < 4.78 is 27.6. The van der Waals surface area contributed by atoms with Crippen LogP contribution in [0.1, 0.15) is 44.9 Å². The summed E-state index contributed by atoms with van der Waals surface area (Å²) in [6.45, 7) is 2.47. The third-order valence-electron chi connectivity index (χ3n) is 6.46. The number of fused-ring (bicyclic) bond motifs is 2. The SMILES string of the molecule is O=C1NCCN1C1CCCN(S(=O)(=O)CC23CCC(CC2)C3)C1. The van der Waals surface area contributed by atoms with Gasteiger partial charge in [0.25, 0.3) is 0 Å². The van der Waals surface area contributed by atoms with Crippen LogP contribution in [0.15, 0.2) is 0 Å². The number of nitrogens with one attached hydrogen (secondary N) is 1. The molecule has 2 aliphatic carbocycles. The highest BCUT2D eigenvalue weighted by Gasteiger charge is 2.48. The molecule has 2 saturated carbocycles. The molecule has 2 saturated heterocycles. The first kappa shape index (κ1) is 15.7. The van der Waals surface area contributed by atoms with Crippen LogP contribution in [-0.4, -0.2) is 61.6 Å². The summed E-state index contributed by atoms with van der Waals surface area (Å²) in [5.41, 5.74) is 0.0570. The molecule has 1 N–H and O–H groups in total. The van der Waals surface area contributed by atoms with Crippen LogP contribution in [0.2, 0.25) is 0 Å². The molecule has 0 aromatic rings. The van der Waals surface area contributed by atoms with Crippen molar-refractivity contribution in [1.29, 1.82) is 0 Å². The molecule has 4 fully saturated rings. The first-order valence-corrected chi connectivity index (χ1v) is 10.6. The van der Waals surface area contributed by atoms with E-state index in [-0.39, 0.29) is 17.5 Å². The molecule has 0 aromatic heterocycles. The van der Waals surface area contributed by atoms with Gasteiger partial charge in [-0.3, -0.25) is 0 Å². The highest BCUT2D eigenvalue weighted by Crippen LogP contribution is 2.54. The normalized spacial score (nSPS) is 38.3. The number of carbonyl (C=O) groups excluding carboxylic acids is 1. The Morgan fingerprint density at radius 2 is 1.96 bits per heavy atom. The summed E-state index contributed by atoms with van der Waals surface area (Å²) >= 11 is 0. The van der Waals surface area contributed by atoms with E-state index in [0.29, 0.717) is 31.9 Å². The van der Waals surface area contributed by atoms with Crippen LogP contribution in [0.4, 0.5) is 4.79 Å². The van der Waals surface area contributed by atoms with E-state index in [1.165, 1.54) is 12.8 Å². The third kappa shape index (κ3) is 2.86. The van der Waals surface area contributed by atoms with Crippen LogP contribution in [0.3, 0.4) is 0 Å². The van der Waals surface area contributed by atoms with E-state index in [2.05, 4.69) is 5.32 Å². The summed E-state index contributed by atoms with van der Waals surface area (Å²) in [7, 11) is -3.22. The van der Waals surface area contributed by atoms with Gasteiger partial charge >= 0.3 is 6.03 Å². The number of urea groups is 1. The van der Waals surface area contributed by atoms with E-state index >= 15 is 0 Å². The number of piperidine rings is 1. The number of hydrogen-bond donors (Lipinski definition) is 1. The molecule has 2 amide bonds. The van der Waals surface area contributed by atoms with Gasteiger partial charge in [0.2, 0.25) is 10.0 Å². The Kier molecular flexibility index (Phi) is 3.83. The molecule has 0 aromatic carbocycles. The van der Waals surface area contributed by atoms with Crippen LogP contribution in [0, 0.1) is 11.3 Å². The maximum atomic E-state index is 13.0. The van der Waals surface area contributed by atoms with Gasteiger partial charge in [-0.2, -0.15) is 4.31 Å². The first-order valence-electron chi connectivity index (χ1n) is 9.00. The lowest BCUT2D eigenvalue weighted by atomic mass is 9.87. The quantitative estimate of drug-likeness (QED) is 0.840. The van der Waals surface area contributed by atoms with Gasteiger partial charge in [-0.15, -0.1) is 0 Å². The smallest absolute Gasteiger partial charge is 0.317 e. The van der Waals surface area contributed by atoms with Gasteiger partial charge in [-0.05, 0) is 56.3 Å². The molecule has 2 heterocycles. The fraction of sp³-hybridized carbons (Fsp3) is 0.938. The molecule has 130 valence electrons. The predicted molar refractivity (Wildman–Crippen MR) is 87.5 cm³/mol. The maximum absolute atomic E-state index is 13.0. The van der Waals surface area contributed by atoms with E-state index in [4.69, 9.17) is 0 Å². The third-order valence-corrected chi connectivity index (χ3v) is 8.55. The van der Waals surface area contributed by atoms with E-state index in [0.717, 1.165) is 38.0 Å². The fourth-order valence-electron chi connectivity index (χ4n) is 5.25. The molecule has 6 nitrogen and oxygen atoms in total. The second-order valence-electron chi connectivity index (χ2n) is 7.98. The average molecular weight is 341 g/mol. The molecule has 4 rings (SSSR count). The Morgan fingerprint density at radius 1 is 1.17 bits per heavy atom. The zero-order valence-corrected chi connectivity index (χ0v) is 14.5. The van der Waals surface area contributed by atoms with Gasteiger partial charge < -0.3 is 10.2 Å². The molecule has 0 radical (unpaired) electrons. The first-order chi connectivity index (χ1) is 11.0. The highest BCUT2D eigenvalue weighted by atomic mass is 32.2. The monoisotopic (exact) mass is 341 g/mol. The van der Waals surface area contributed by atoms with Crippen molar-refractivity contribution in [2.75, 3.05) is 31.9 Å². The van der Waals surface area contributed by atoms with Gasteiger partial charge in [-0.25, -0.2) is 13.2 Å². The van der Waals surface area contributed by atoms with Crippen molar-refractivity contribution in [3.63, 3.8) is 0 Å².